The number of halogens is 1. The van der Waals surface area contributed by atoms with E-state index in [0.717, 1.165) is 31.5 Å². The second kappa shape index (κ2) is 8.77. The van der Waals surface area contributed by atoms with Crippen molar-refractivity contribution in [1.29, 1.82) is 5.26 Å². The first-order valence-corrected chi connectivity index (χ1v) is 7.52. The number of piperidine rings is 1. The Kier molecular flexibility index (Phi) is 7.37. The lowest BCUT2D eigenvalue weighted by Gasteiger charge is -2.33. The predicted octanol–water partition coefficient (Wildman–Crippen LogP) is 3.26. The van der Waals surface area contributed by atoms with Crippen LogP contribution in [0.5, 0.6) is 0 Å². The highest BCUT2D eigenvalue weighted by Crippen LogP contribution is 2.27. The summed E-state index contributed by atoms with van der Waals surface area (Å²) in [6.07, 6.45) is 1.53. The number of carbonyl (C=O) groups excluding carboxylic acids is 1. The van der Waals surface area contributed by atoms with Crippen LogP contribution in [-0.4, -0.2) is 30.6 Å². The van der Waals surface area contributed by atoms with Crippen molar-refractivity contribution in [2.75, 3.05) is 19.7 Å². The standard InChI is InChI=1S/C17H22N2O2.ClH/c1-3-21-17(20)15-8-10-19(11-9-15)16(12-18)14-6-4-13(2)5-7-14;/h4-7,15-16H,3,8-11H2,1-2H3;1H. The first-order valence-electron chi connectivity index (χ1n) is 7.52. The van der Waals surface area contributed by atoms with Crippen LogP contribution in [0.1, 0.15) is 36.9 Å². The van der Waals surface area contributed by atoms with Gasteiger partial charge in [-0.2, -0.15) is 5.26 Å². The number of carbonyl (C=O) groups is 1. The molecule has 0 amide bonds. The zero-order chi connectivity index (χ0) is 15.2. The van der Waals surface area contributed by atoms with Crippen LogP contribution in [0.2, 0.25) is 0 Å². The highest BCUT2D eigenvalue weighted by Gasteiger charge is 2.30. The average Bonchev–Trinajstić information content (AvgIpc) is 2.51. The van der Waals surface area contributed by atoms with Crippen LogP contribution in [-0.2, 0) is 9.53 Å². The number of esters is 1. The van der Waals surface area contributed by atoms with Crippen molar-refractivity contribution in [3.63, 3.8) is 0 Å². The third-order valence-electron chi connectivity index (χ3n) is 4.03. The number of nitrogens with zero attached hydrogens (tertiary/aromatic N) is 2. The number of hydrogen-bond donors (Lipinski definition) is 0. The van der Waals surface area contributed by atoms with E-state index in [-0.39, 0.29) is 30.3 Å². The number of likely N-dealkylation sites (tertiary alicyclic amines) is 1. The summed E-state index contributed by atoms with van der Waals surface area (Å²) in [6.45, 7) is 5.82. The molecule has 1 aromatic rings. The smallest absolute Gasteiger partial charge is 0.309 e. The summed E-state index contributed by atoms with van der Waals surface area (Å²) in [7, 11) is 0. The fourth-order valence-electron chi connectivity index (χ4n) is 2.77. The Morgan fingerprint density at radius 3 is 2.45 bits per heavy atom. The Morgan fingerprint density at radius 1 is 1.36 bits per heavy atom. The number of nitriles is 1. The van der Waals surface area contributed by atoms with E-state index in [0.29, 0.717) is 6.61 Å². The maximum Gasteiger partial charge on any atom is 0.309 e. The Bertz CT molecular complexity index is 516. The summed E-state index contributed by atoms with van der Waals surface area (Å²) in [4.78, 5) is 13.9. The molecule has 0 spiro atoms. The molecule has 0 bridgehead atoms. The second-order valence-corrected chi connectivity index (χ2v) is 5.50. The van der Waals surface area contributed by atoms with Crippen LogP contribution in [0, 0.1) is 24.2 Å². The normalized spacial score (nSPS) is 17.1. The maximum absolute atomic E-state index is 11.7. The molecule has 5 heteroatoms. The van der Waals surface area contributed by atoms with Gasteiger partial charge in [0.15, 0.2) is 0 Å². The summed E-state index contributed by atoms with van der Waals surface area (Å²) in [5.41, 5.74) is 2.22. The van der Waals surface area contributed by atoms with Crippen molar-refractivity contribution in [2.24, 2.45) is 5.92 Å². The van der Waals surface area contributed by atoms with Gasteiger partial charge in [0.1, 0.15) is 6.04 Å². The minimum absolute atomic E-state index is 0. The second-order valence-electron chi connectivity index (χ2n) is 5.50. The summed E-state index contributed by atoms with van der Waals surface area (Å²) < 4.78 is 5.08. The van der Waals surface area contributed by atoms with Gasteiger partial charge in [-0.05, 0) is 32.3 Å². The van der Waals surface area contributed by atoms with E-state index in [1.165, 1.54) is 5.56 Å². The van der Waals surface area contributed by atoms with Gasteiger partial charge >= 0.3 is 5.97 Å². The van der Waals surface area contributed by atoms with Gasteiger partial charge in [-0.15, -0.1) is 12.4 Å². The molecule has 0 saturated carbocycles. The van der Waals surface area contributed by atoms with Crippen LogP contribution in [0.25, 0.3) is 0 Å². The lowest BCUT2D eigenvalue weighted by atomic mass is 9.94. The number of benzene rings is 1. The molecule has 1 heterocycles. The van der Waals surface area contributed by atoms with Gasteiger partial charge in [0.05, 0.1) is 18.6 Å². The van der Waals surface area contributed by atoms with Gasteiger partial charge < -0.3 is 4.74 Å². The van der Waals surface area contributed by atoms with Crippen molar-refractivity contribution in [3.8, 4) is 6.07 Å². The molecule has 1 aromatic carbocycles. The zero-order valence-electron chi connectivity index (χ0n) is 13.1. The molecule has 0 aliphatic carbocycles. The van der Waals surface area contributed by atoms with E-state index in [4.69, 9.17) is 4.74 Å². The largest absolute Gasteiger partial charge is 0.466 e. The van der Waals surface area contributed by atoms with Crippen molar-refractivity contribution in [2.45, 2.75) is 32.7 Å². The van der Waals surface area contributed by atoms with Crippen LogP contribution in [0.15, 0.2) is 24.3 Å². The zero-order valence-corrected chi connectivity index (χ0v) is 13.9. The topological polar surface area (TPSA) is 53.3 Å². The molecular weight excluding hydrogens is 300 g/mol. The molecule has 1 unspecified atom stereocenters. The Balaban J connectivity index is 0.00000242. The fourth-order valence-corrected chi connectivity index (χ4v) is 2.77. The first-order chi connectivity index (χ1) is 10.2. The minimum Gasteiger partial charge on any atom is -0.466 e. The van der Waals surface area contributed by atoms with Gasteiger partial charge in [0.2, 0.25) is 0 Å². The number of ether oxygens (including phenoxy) is 1. The molecule has 2 rings (SSSR count). The van der Waals surface area contributed by atoms with Gasteiger partial charge in [-0.1, -0.05) is 29.8 Å². The molecule has 1 aliphatic heterocycles. The molecule has 0 N–H and O–H groups in total. The quantitative estimate of drug-likeness (QED) is 0.798. The van der Waals surface area contributed by atoms with Gasteiger partial charge in [0, 0.05) is 13.1 Å². The number of hydrogen-bond acceptors (Lipinski definition) is 4. The van der Waals surface area contributed by atoms with Gasteiger partial charge in [0.25, 0.3) is 0 Å². The van der Waals surface area contributed by atoms with Crippen LogP contribution in [0.3, 0.4) is 0 Å². The lowest BCUT2D eigenvalue weighted by molar-refractivity contribution is -0.149. The maximum atomic E-state index is 11.7. The highest BCUT2D eigenvalue weighted by molar-refractivity contribution is 5.85. The summed E-state index contributed by atoms with van der Waals surface area (Å²) in [5.74, 6) is -0.112. The molecule has 120 valence electrons. The summed E-state index contributed by atoms with van der Waals surface area (Å²) in [6, 6.07) is 10.3. The first kappa shape index (κ1) is 18.5. The Labute approximate surface area is 138 Å². The lowest BCUT2D eigenvalue weighted by Crippen LogP contribution is -2.38. The van der Waals surface area contributed by atoms with E-state index in [2.05, 4.69) is 11.0 Å². The molecule has 4 nitrogen and oxygen atoms in total. The van der Waals surface area contributed by atoms with Crippen molar-refractivity contribution < 1.29 is 9.53 Å². The Morgan fingerprint density at radius 2 is 1.95 bits per heavy atom. The molecule has 22 heavy (non-hydrogen) atoms. The molecular formula is C17H23ClN2O2. The van der Waals surface area contributed by atoms with Crippen molar-refractivity contribution >= 4 is 18.4 Å². The fraction of sp³-hybridized carbons (Fsp3) is 0.529. The number of aryl methyl sites for hydroxylation is 1. The van der Waals surface area contributed by atoms with E-state index >= 15 is 0 Å². The molecule has 1 fully saturated rings. The van der Waals surface area contributed by atoms with E-state index in [9.17, 15) is 10.1 Å². The van der Waals surface area contributed by atoms with E-state index in [1.807, 2.05) is 38.1 Å². The van der Waals surface area contributed by atoms with Crippen LogP contribution < -0.4 is 0 Å². The summed E-state index contributed by atoms with van der Waals surface area (Å²) >= 11 is 0. The monoisotopic (exact) mass is 322 g/mol. The SMILES string of the molecule is CCOC(=O)C1CCN(C(C#N)c2ccc(C)cc2)CC1.Cl. The molecule has 1 aliphatic rings. The third-order valence-corrected chi connectivity index (χ3v) is 4.03. The molecule has 0 aromatic heterocycles. The van der Waals surface area contributed by atoms with Crippen LogP contribution in [0.4, 0.5) is 0 Å². The Hall–Kier alpha value is -1.57. The van der Waals surface area contributed by atoms with Crippen molar-refractivity contribution in [1.82, 2.24) is 4.90 Å². The van der Waals surface area contributed by atoms with Gasteiger partial charge in [-0.3, -0.25) is 9.69 Å². The summed E-state index contributed by atoms with van der Waals surface area (Å²) in [5, 5.41) is 9.48. The molecule has 1 atom stereocenters. The minimum atomic E-state index is -0.228. The average molecular weight is 323 g/mol. The van der Waals surface area contributed by atoms with E-state index < -0.39 is 0 Å². The highest BCUT2D eigenvalue weighted by atomic mass is 35.5. The molecule has 1 saturated heterocycles. The van der Waals surface area contributed by atoms with E-state index in [1.54, 1.807) is 0 Å². The van der Waals surface area contributed by atoms with Crippen LogP contribution >= 0.6 is 12.4 Å². The van der Waals surface area contributed by atoms with Gasteiger partial charge in [-0.25, -0.2) is 0 Å². The van der Waals surface area contributed by atoms with Crippen molar-refractivity contribution in [3.05, 3.63) is 35.4 Å². The molecule has 0 radical (unpaired) electrons. The number of rotatable bonds is 4. The third kappa shape index (κ3) is 4.46. The predicted molar refractivity (Wildman–Crippen MR) is 87.7 cm³/mol.